The van der Waals surface area contributed by atoms with E-state index >= 15 is 0 Å². The third-order valence-electron chi connectivity index (χ3n) is 12.1. The minimum atomic E-state index is -1.64. The van der Waals surface area contributed by atoms with Crippen molar-refractivity contribution < 1.29 is 48.3 Å². The smallest absolute Gasteiger partial charge is 0.311 e. The Hall–Kier alpha value is -2.01. The van der Waals surface area contributed by atoms with Crippen molar-refractivity contribution in [1.82, 2.24) is 0 Å². The van der Waals surface area contributed by atoms with Crippen molar-refractivity contribution in [3.63, 3.8) is 0 Å². The summed E-state index contributed by atoms with van der Waals surface area (Å²) in [6.45, 7) is 7.23. The lowest BCUT2D eigenvalue weighted by molar-refractivity contribution is -0.322. The van der Waals surface area contributed by atoms with Crippen molar-refractivity contribution in [3.05, 3.63) is 11.3 Å². The van der Waals surface area contributed by atoms with Gasteiger partial charge in [0.25, 0.3) is 0 Å². The maximum absolute atomic E-state index is 14.0. The van der Waals surface area contributed by atoms with Crippen LogP contribution in [0.2, 0.25) is 0 Å². The van der Waals surface area contributed by atoms with Gasteiger partial charge < -0.3 is 29.2 Å². The molecule has 39 heavy (non-hydrogen) atoms. The number of ether oxygens (including phenoxy) is 5. The van der Waals surface area contributed by atoms with Crippen LogP contribution in [0.1, 0.15) is 72.6 Å². The average Bonchev–Trinajstić information content (AvgIpc) is 3.55. The van der Waals surface area contributed by atoms with E-state index in [4.69, 9.17) is 23.7 Å². The molecule has 6 aliphatic heterocycles. The molecule has 12 atom stereocenters. The van der Waals surface area contributed by atoms with Gasteiger partial charge in [-0.3, -0.25) is 19.1 Å². The minimum absolute atomic E-state index is 0.0262. The second-order valence-electron chi connectivity index (χ2n) is 14.1. The number of ketones is 1. The maximum atomic E-state index is 14.0. The zero-order chi connectivity index (χ0) is 27.5. The van der Waals surface area contributed by atoms with Gasteiger partial charge in [0.15, 0.2) is 5.76 Å². The zero-order valence-corrected chi connectivity index (χ0v) is 22.8. The molecule has 4 spiro atoms. The summed E-state index contributed by atoms with van der Waals surface area (Å²) in [5.41, 5.74) is -3.16. The second-order valence-corrected chi connectivity index (χ2v) is 14.1. The molecule has 8 aliphatic rings. The van der Waals surface area contributed by atoms with Crippen molar-refractivity contribution in [1.29, 1.82) is 0 Å². The number of aliphatic hydroxyl groups is 2. The second kappa shape index (κ2) is 6.89. The highest BCUT2D eigenvalue weighted by atomic mass is 16.8. The number of Topliss-reactive ketones (excluding diaryl/α,β-unsaturated/α-hetero) is 1. The first kappa shape index (κ1) is 24.8. The number of rotatable bonds is 1. The van der Waals surface area contributed by atoms with Crippen LogP contribution in [0.4, 0.5) is 0 Å². The molecule has 7 fully saturated rings. The first-order valence-corrected chi connectivity index (χ1v) is 14.4. The fourth-order valence-corrected chi connectivity index (χ4v) is 10.6. The predicted octanol–water partition coefficient (Wildman–Crippen LogP) is 2.46. The van der Waals surface area contributed by atoms with E-state index in [9.17, 15) is 24.6 Å². The van der Waals surface area contributed by atoms with E-state index in [-0.39, 0.29) is 55.3 Å². The fraction of sp³-hybridized carbons (Fsp3) is 0.828. The monoisotopic (exact) mass is 544 g/mol. The molecule has 0 radical (unpaired) electrons. The normalized spacial score (nSPS) is 58.6. The van der Waals surface area contributed by atoms with Gasteiger partial charge >= 0.3 is 11.9 Å². The molecular formula is C29H36O10. The van der Waals surface area contributed by atoms with Gasteiger partial charge in [-0.05, 0) is 32.6 Å². The lowest BCUT2D eigenvalue weighted by Gasteiger charge is -2.41. The lowest BCUT2D eigenvalue weighted by Crippen LogP contribution is -2.52. The molecule has 10 nitrogen and oxygen atoms in total. The number of hydrogen-bond acceptors (Lipinski definition) is 10. The molecule has 2 bridgehead atoms. The first-order chi connectivity index (χ1) is 18.3. The Balaban J connectivity index is 1.31. The summed E-state index contributed by atoms with van der Waals surface area (Å²) in [4.78, 5) is 39.4. The van der Waals surface area contributed by atoms with Gasteiger partial charge in [-0.2, -0.15) is 0 Å². The van der Waals surface area contributed by atoms with Crippen LogP contribution in [-0.4, -0.2) is 69.0 Å². The summed E-state index contributed by atoms with van der Waals surface area (Å²) in [5.74, 6) is -5.82. The fourth-order valence-electron chi connectivity index (χ4n) is 10.6. The Kier molecular flexibility index (Phi) is 4.37. The summed E-state index contributed by atoms with van der Waals surface area (Å²) in [5, 5.41) is 22.5. The van der Waals surface area contributed by atoms with Crippen LogP contribution in [0.25, 0.3) is 0 Å². The van der Waals surface area contributed by atoms with Crippen LogP contribution >= 0.6 is 0 Å². The topological polar surface area (TPSA) is 138 Å². The summed E-state index contributed by atoms with van der Waals surface area (Å²) < 4.78 is 32.3. The van der Waals surface area contributed by atoms with E-state index in [1.165, 1.54) is 0 Å². The van der Waals surface area contributed by atoms with E-state index in [0.717, 1.165) is 0 Å². The summed E-state index contributed by atoms with van der Waals surface area (Å²) >= 11 is 0. The van der Waals surface area contributed by atoms with Crippen LogP contribution < -0.4 is 0 Å². The lowest BCUT2D eigenvalue weighted by atomic mass is 9.65. The Labute approximate surface area is 226 Å². The van der Waals surface area contributed by atoms with Gasteiger partial charge in [0.2, 0.25) is 11.6 Å². The van der Waals surface area contributed by atoms with Crippen molar-refractivity contribution in [3.8, 4) is 0 Å². The Bertz CT molecular complexity index is 1280. The van der Waals surface area contributed by atoms with E-state index < -0.39 is 63.6 Å². The molecule has 5 saturated heterocycles. The number of carbonyl (C=O) groups excluding carboxylic acids is 3. The van der Waals surface area contributed by atoms with Crippen molar-refractivity contribution in [2.45, 2.75) is 107 Å². The standard InChI is InChI=1S/C29H36O10/c1-13-10-28(37-23(13)34)19-14(2)21(32)24(3)7-8-26-11-27-16(25(4,12-30)35-17(27)9-18(31)36-27)6-5-15(26)22(33)29(38-26,39-28)20(19)24/h13-14,16-17,19-20,30,33H,5-12H2,1-4H3/t13-,14+,16+,17-,19+,20+,24+,25+,26+,27-,28+,29-/m0/s1. The third-order valence-corrected chi connectivity index (χ3v) is 12.1. The van der Waals surface area contributed by atoms with Gasteiger partial charge in [-0.1, -0.05) is 20.8 Å². The SMILES string of the molecule is C[C@H]1C[C@@]2(OC1=O)O[C@@]13O[C@]4(CC[C@@]5(C)C(=O)[C@H](C)[C@@H]2[C@@H]15)C[C@@]12OC(=O)C[C@@H]1O[C@](C)(CO)[C@H]2CCC4=C3O. The summed E-state index contributed by atoms with van der Waals surface area (Å²) in [6.07, 6.45) is 1.95. The molecular weight excluding hydrogens is 508 g/mol. The zero-order valence-electron chi connectivity index (χ0n) is 22.8. The van der Waals surface area contributed by atoms with E-state index in [1.807, 2.05) is 20.8 Å². The highest BCUT2D eigenvalue weighted by molar-refractivity contribution is 5.91. The molecule has 0 aromatic rings. The molecule has 212 valence electrons. The number of aliphatic hydroxyl groups excluding tert-OH is 2. The van der Waals surface area contributed by atoms with Crippen LogP contribution in [0.15, 0.2) is 11.3 Å². The maximum Gasteiger partial charge on any atom is 0.311 e. The van der Waals surface area contributed by atoms with Gasteiger partial charge in [0, 0.05) is 47.5 Å². The number of carbonyl (C=O) groups is 3. The Morgan fingerprint density at radius 2 is 1.82 bits per heavy atom. The molecule has 0 aromatic carbocycles. The summed E-state index contributed by atoms with van der Waals surface area (Å²) in [6, 6.07) is 0. The predicted molar refractivity (Wildman–Crippen MR) is 130 cm³/mol. The largest absolute Gasteiger partial charge is 0.507 e. The van der Waals surface area contributed by atoms with Crippen LogP contribution in [0.5, 0.6) is 0 Å². The number of hydrogen-bond donors (Lipinski definition) is 2. The molecule has 6 heterocycles. The van der Waals surface area contributed by atoms with Crippen molar-refractivity contribution >= 4 is 17.7 Å². The van der Waals surface area contributed by atoms with Crippen LogP contribution in [-0.2, 0) is 38.1 Å². The molecule has 0 aromatic heterocycles. The third kappa shape index (κ3) is 2.50. The summed E-state index contributed by atoms with van der Waals surface area (Å²) in [7, 11) is 0. The van der Waals surface area contributed by atoms with Crippen LogP contribution in [0.3, 0.4) is 0 Å². The van der Waals surface area contributed by atoms with Gasteiger partial charge in [-0.15, -0.1) is 0 Å². The van der Waals surface area contributed by atoms with E-state index in [1.54, 1.807) is 6.92 Å². The molecule has 0 amide bonds. The highest BCUT2D eigenvalue weighted by Gasteiger charge is 2.84. The molecule has 8 rings (SSSR count). The Morgan fingerprint density at radius 3 is 2.51 bits per heavy atom. The van der Waals surface area contributed by atoms with Gasteiger partial charge in [0.05, 0.1) is 24.5 Å². The molecule has 2 aliphatic carbocycles. The van der Waals surface area contributed by atoms with Crippen LogP contribution in [0, 0.1) is 35.0 Å². The highest BCUT2D eigenvalue weighted by Crippen LogP contribution is 2.74. The van der Waals surface area contributed by atoms with E-state index in [0.29, 0.717) is 31.3 Å². The first-order valence-electron chi connectivity index (χ1n) is 14.4. The van der Waals surface area contributed by atoms with E-state index in [2.05, 4.69) is 0 Å². The molecule has 10 heteroatoms. The van der Waals surface area contributed by atoms with Gasteiger partial charge in [-0.25, -0.2) is 0 Å². The molecule has 2 saturated carbocycles. The molecule has 2 N–H and O–H groups in total. The molecule has 0 unspecified atom stereocenters. The quantitative estimate of drug-likeness (QED) is 0.474. The van der Waals surface area contributed by atoms with Crippen molar-refractivity contribution in [2.75, 3.05) is 6.61 Å². The average molecular weight is 545 g/mol. The van der Waals surface area contributed by atoms with Crippen molar-refractivity contribution in [2.24, 2.45) is 35.0 Å². The van der Waals surface area contributed by atoms with Gasteiger partial charge in [0.1, 0.15) is 23.1 Å². The minimum Gasteiger partial charge on any atom is -0.507 e. The Morgan fingerprint density at radius 1 is 1.05 bits per heavy atom. The number of esters is 2. The number of fused-ring (bicyclic) bond motifs is 1.